The van der Waals surface area contributed by atoms with Crippen LogP contribution >= 0.6 is 0 Å². The van der Waals surface area contributed by atoms with Crippen LogP contribution in [0.15, 0.2) is 54.6 Å². The van der Waals surface area contributed by atoms with Crippen molar-refractivity contribution in [2.45, 2.75) is 32.4 Å². The topological polar surface area (TPSA) is 32.3 Å². The van der Waals surface area contributed by atoms with Gasteiger partial charge in [0.15, 0.2) is 0 Å². The number of benzene rings is 2. The second-order valence-electron chi connectivity index (χ2n) is 4.80. The zero-order chi connectivity index (χ0) is 13.5. The first-order chi connectivity index (χ1) is 9.29. The highest BCUT2D eigenvalue weighted by molar-refractivity contribution is 5.26. The molecule has 0 heterocycles. The van der Waals surface area contributed by atoms with Crippen molar-refractivity contribution < 1.29 is 5.11 Å². The summed E-state index contributed by atoms with van der Waals surface area (Å²) in [5.41, 5.74) is 2.53. The van der Waals surface area contributed by atoms with E-state index in [0.29, 0.717) is 11.8 Å². The third-order valence-corrected chi connectivity index (χ3v) is 3.27. The molecular weight excluding hydrogens is 234 g/mol. The summed E-state index contributed by atoms with van der Waals surface area (Å²) in [4.78, 5) is 0. The monoisotopic (exact) mass is 255 g/mol. The molecule has 0 aromatic heterocycles. The van der Waals surface area contributed by atoms with E-state index in [0.717, 1.165) is 19.4 Å². The van der Waals surface area contributed by atoms with Crippen molar-refractivity contribution in [1.82, 2.24) is 5.32 Å². The molecule has 0 aliphatic heterocycles. The molecule has 0 bridgehead atoms. The number of nitrogens with one attached hydrogen (secondary N) is 1. The minimum atomic E-state index is 0.317. The standard InChI is InChI=1S/C17H21NO/c1-2-6-17(15-7-4-3-5-8-15)18-13-14-9-11-16(19)12-10-14/h3-5,7-12,17-19H,2,6,13H2,1H3. The number of rotatable bonds is 6. The molecule has 0 spiro atoms. The second kappa shape index (κ2) is 6.95. The average molecular weight is 255 g/mol. The molecule has 0 fully saturated rings. The summed E-state index contributed by atoms with van der Waals surface area (Å²) in [6.45, 7) is 3.03. The normalized spacial score (nSPS) is 12.3. The Kier molecular flexibility index (Phi) is 4.99. The highest BCUT2D eigenvalue weighted by atomic mass is 16.3. The maximum atomic E-state index is 9.28. The van der Waals surface area contributed by atoms with Crippen molar-refractivity contribution in [3.05, 3.63) is 65.7 Å². The smallest absolute Gasteiger partial charge is 0.115 e. The molecule has 1 atom stereocenters. The Balaban J connectivity index is 1.99. The third kappa shape index (κ3) is 4.11. The zero-order valence-electron chi connectivity index (χ0n) is 11.3. The first-order valence-electron chi connectivity index (χ1n) is 6.86. The number of phenolic OH excluding ortho intramolecular Hbond substituents is 1. The molecule has 0 radical (unpaired) electrons. The van der Waals surface area contributed by atoms with Crippen molar-refractivity contribution in [3.63, 3.8) is 0 Å². The van der Waals surface area contributed by atoms with Crippen LogP contribution in [0, 0.1) is 0 Å². The lowest BCUT2D eigenvalue weighted by Gasteiger charge is -2.18. The van der Waals surface area contributed by atoms with Gasteiger partial charge in [-0.25, -0.2) is 0 Å². The van der Waals surface area contributed by atoms with Gasteiger partial charge < -0.3 is 10.4 Å². The Hall–Kier alpha value is -1.80. The minimum absolute atomic E-state index is 0.317. The lowest BCUT2D eigenvalue weighted by atomic mass is 10.0. The summed E-state index contributed by atoms with van der Waals surface area (Å²) >= 11 is 0. The van der Waals surface area contributed by atoms with E-state index >= 15 is 0 Å². The maximum Gasteiger partial charge on any atom is 0.115 e. The van der Waals surface area contributed by atoms with Gasteiger partial charge in [-0.2, -0.15) is 0 Å². The van der Waals surface area contributed by atoms with Gasteiger partial charge in [0.05, 0.1) is 0 Å². The maximum absolute atomic E-state index is 9.28. The fraction of sp³-hybridized carbons (Fsp3) is 0.294. The molecule has 0 aliphatic carbocycles. The molecule has 0 amide bonds. The number of aromatic hydroxyl groups is 1. The van der Waals surface area contributed by atoms with Gasteiger partial charge in [0, 0.05) is 12.6 Å². The molecule has 0 saturated carbocycles. The van der Waals surface area contributed by atoms with Crippen LogP contribution in [0.2, 0.25) is 0 Å². The number of phenols is 1. The van der Waals surface area contributed by atoms with Crippen molar-refractivity contribution >= 4 is 0 Å². The number of hydrogen-bond donors (Lipinski definition) is 2. The highest BCUT2D eigenvalue weighted by Crippen LogP contribution is 2.19. The summed E-state index contributed by atoms with van der Waals surface area (Å²) < 4.78 is 0. The Labute approximate surface area is 115 Å². The predicted molar refractivity (Wildman–Crippen MR) is 79.0 cm³/mol. The van der Waals surface area contributed by atoms with Crippen LogP contribution in [-0.4, -0.2) is 5.11 Å². The lowest BCUT2D eigenvalue weighted by molar-refractivity contribution is 0.473. The van der Waals surface area contributed by atoms with Gasteiger partial charge in [-0.1, -0.05) is 55.8 Å². The fourth-order valence-corrected chi connectivity index (χ4v) is 2.22. The largest absolute Gasteiger partial charge is 0.508 e. The van der Waals surface area contributed by atoms with E-state index in [9.17, 15) is 5.11 Å². The molecule has 2 rings (SSSR count). The van der Waals surface area contributed by atoms with E-state index < -0.39 is 0 Å². The summed E-state index contributed by atoms with van der Waals surface area (Å²) in [7, 11) is 0. The van der Waals surface area contributed by atoms with E-state index in [4.69, 9.17) is 0 Å². The van der Waals surface area contributed by atoms with Crippen LogP contribution in [-0.2, 0) is 6.54 Å². The predicted octanol–water partition coefficient (Wildman–Crippen LogP) is 4.02. The van der Waals surface area contributed by atoms with Gasteiger partial charge in [0.2, 0.25) is 0 Å². The molecule has 2 aromatic rings. The van der Waals surface area contributed by atoms with Crippen LogP contribution in [0.5, 0.6) is 5.75 Å². The van der Waals surface area contributed by atoms with Gasteiger partial charge in [-0.3, -0.25) is 0 Å². The average Bonchev–Trinajstić information content (AvgIpc) is 2.46. The number of hydrogen-bond acceptors (Lipinski definition) is 2. The summed E-state index contributed by atoms with van der Waals surface area (Å²) in [5.74, 6) is 0.317. The highest BCUT2D eigenvalue weighted by Gasteiger charge is 2.09. The lowest BCUT2D eigenvalue weighted by Crippen LogP contribution is -2.20. The van der Waals surface area contributed by atoms with Gasteiger partial charge in [0.1, 0.15) is 5.75 Å². The van der Waals surface area contributed by atoms with E-state index in [1.54, 1.807) is 12.1 Å². The van der Waals surface area contributed by atoms with E-state index in [1.165, 1.54) is 11.1 Å². The van der Waals surface area contributed by atoms with Crippen LogP contribution in [0.1, 0.15) is 36.9 Å². The molecule has 2 heteroatoms. The van der Waals surface area contributed by atoms with E-state index in [-0.39, 0.29) is 0 Å². The molecule has 2 aromatic carbocycles. The molecule has 2 nitrogen and oxygen atoms in total. The van der Waals surface area contributed by atoms with Crippen molar-refractivity contribution in [2.24, 2.45) is 0 Å². The van der Waals surface area contributed by atoms with Crippen LogP contribution < -0.4 is 5.32 Å². The molecule has 0 saturated heterocycles. The molecule has 0 aliphatic rings. The van der Waals surface area contributed by atoms with Crippen molar-refractivity contribution in [3.8, 4) is 5.75 Å². The molecule has 2 N–H and O–H groups in total. The Morgan fingerprint density at radius 3 is 2.32 bits per heavy atom. The summed E-state index contributed by atoms with van der Waals surface area (Å²) in [5, 5.41) is 12.9. The molecule has 100 valence electrons. The molecule has 1 unspecified atom stereocenters. The zero-order valence-corrected chi connectivity index (χ0v) is 11.3. The van der Waals surface area contributed by atoms with Crippen LogP contribution in [0.4, 0.5) is 0 Å². The van der Waals surface area contributed by atoms with E-state index in [2.05, 4.69) is 36.5 Å². The fourth-order valence-electron chi connectivity index (χ4n) is 2.22. The van der Waals surface area contributed by atoms with Gasteiger partial charge >= 0.3 is 0 Å². The van der Waals surface area contributed by atoms with Crippen LogP contribution in [0.25, 0.3) is 0 Å². The Bertz CT molecular complexity index is 478. The minimum Gasteiger partial charge on any atom is -0.508 e. The van der Waals surface area contributed by atoms with Gasteiger partial charge in [-0.05, 0) is 29.7 Å². The molecule has 19 heavy (non-hydrogen) atoms. The van der Waals surface area contributed by atoms with E-state index in [1.807, 2.05) is 18.2 Å². The SMILES string of the molecule is CCCC(NCc1ccc(O)cc1)c1ccccc1. The summed E-state index contributed by atoms with van der Waals surface area (Å²) in [6, 6.07) is 18.3. The van der Waals surface area contributed by atoms with Crippen LogP contribution in [0.3, 0.4) is 0 Å². The first-order valence-corrected chi connectivity index (χ1v) is 6.86. The first kappa shape index (κ1) is 13.6. The van der Waals surface area contributed by atoms with Gasteiger partial charge in [-0.15, -0.1) is 0 Å². The Morgan fingerprint density at radius 1 is 1.00 bits per heavy atom. The van der Waals surface area contributed by atoms with Crippen molar-refractivity contribution in [1.29, 1.82) is 0 Å². The van der Waals surface area contributed by atoms with Gasteiger partial charge in [0.25, 0.3) is 0 Å². The Morgan fingerprint density at radius 2 is 1.68 bits per heavy atom. The summed E-state index contributed by atoms with van der Waals surface area (Å²) in [6.07, 6.45) is 2.28. The quantitative estimate of drug-likeness (QED) is 0.817. The second-order valence-corrected chi connectivity index (χ2v) is 4.80. The third-order valence-electron chi connectivity index (χ3n) is 3.27. The van der Waals surface area contributed by atoms with Crippen molar-refractivity contribution in [2.75, 3.05) is 0 Å². The molecular formula is C17H21NO.